The van der Waals surface area contributed by atoms with Crippen LogP contribution < -0.4 is 9.64 Å². The zero-order chi connectivity index (χ0) is 21.1. The molecule has 0 atom stereocenters. The maximum absolute atomic E-state index is 13.0. The lowest BCUT2D eigenvalue weighted by atomic mass is 10.2. The van der Waals surface area contributed by atoms with Crippen molar-refractivity contribution in [3.63, 3.8) is 0 Å². The van der Waals surface area contributed by atoms with Gasteiger partial charge in [0, 0.05) is 0 Å². The molecule has 3 aromatic rings. The van der Waals surface area contributed by atoms with Gasteiger partial charge in [-0.15, -0.1) is 0 Å². The van der Waals surface area contributed by atoms with E-state index in [1.165, 1.54) is 23.9 Å². The van der Waals surface area contributed by atoms with Gasteiger partial charge in [-0.2, -0.15) is 0 Å². The van der Waals surface area contributed by atoms with E-state index in [4.69, 9.17) is 17.0 Å². The molecule has 0 aliphatic carbocycles. The average Bonchev–Trinajstić information content (AvgIpc) is 3.01. The molecule has 150 valence electrons. The summed E-state index contributed by atoms with van der Waals surface area (Å²) in [6.45, 7) is 2.34. The first-order chi connectivity index (χ1) is 14.5. The average molecular weight is 436 g/mol. The van der Waals surface area contributed by atoms with E-state index in [1.54, 1.807) is 17.0 Å². The highest BCUT2D eigenvalue weighted by atomic mass is 32.2. The van der Waals surface area contributed by atoms with E-state index in [9.17, 15) is 9.18 Å². The van der Waals surface area contributed by atoms with Crippen LogP contribution >= 0.6 is 24.0 Å². The number of hydrogen-bond acceptors (Lipinski definition) is 4. The van der Waals surface area contributed by atoms with E-state index in [-0.39, 0.29) is 11.7 Å². The van der Waals surface area contributed by atoms with Crippen LogP contribution in [0.15, 0.2) is 77.7 Å². The number of carbonyl (C=O) groups is 1. The largest absolute Gasteiger partial charge is 0.489 e. The SMILES string of the molecule is Cc1cccc(N2C(=O)C(=Cc3ccc(OCc4ccc(F)cc4)cc3)SC2=S)c1. The van der Waals surface area contributed by atoms with Crippen molar-refractivity contribution in [2.24, 2.45) is 0 Å². The zero-order valence-corrected chi connectivity index (χ0v) is 17.8. The maximum atomic E-state index is 13.0. The minimum Gasteiger partial charge on any atom is -0.489 e. The number of rotatable bonds is 5. The topological polar surface area (TPSA) is 29.5 Å². The smallest absolute Gasteiger partial charge is 0.270 e. The van der Waals surface area contributed by atoms with E-state index in [0.717, 1.165) is 22.4 Å². The van der Waals surface area contributed by atoms with Gasteiger partial charge in [-0.1, -0.05) is 60.4 Å². The monoisotopic (exact) mass is 435 g/mol. The molecule has 1 aliphatic heterocycles. The first kappa shape index (κ1) is 20.3. The van der Waals surface area contributed by atoms with Gasteiger partial charge in [0.05, 0.1) is 10.6 Å². The Kier molecular flexibility index (Phi) is 5.97. The number of ether oxygens (including phenoxy) is 1. The summed E-state index contributed by atoms with van der Waals surface area (Å²) in [6.07, 6.45) is 1.83. The van der Waals surface area contributed by atoms with Crippen LogP contribution in [0.1, 0.15) is 16.7 Å². The summed E-state index contributed by atoms with van der Waals surface area (Å²) in [4.78, 5) is 15.0. The van der Waals surface area contributed by atoms with E-state index in [1.807, 2.05) is 61.5 Å². The van der Waals surface area contributed by atoms with E-state index in [2.05, 4.69) is 0 Å². The van der Waals surface area contributed by atoms with Gasteiger partial charge in [0.2, 0.25) is 0 Å². The predicted molar refractivity (Wildman–Crippen MR) is 124 cm³/mol. The highest BCUT2D eigenvalue weighted by Gasteiger charge is 2.33. The molecule has 1 heterocycles. The molecule has 1 aliphatic rings. The summed E-state index contributed by atoms with van der Waals surface area (Å²) in [7, 11) is 0. The van der Waals surface area contributed by atoms with E-state index in [0.29, 0.717) is 21.6 Å². The Morgan fingerprint density at radius 1 is 1.07 bits per heavy atom. The normalized spacial score (nSPS) is 15.1. The fourth-order valence-corrected chi connectivity index (χ4v) is 4.32. The van der Waals surface area contributed by atoms with Crippen LogP contribution in [0.25, 0.3) is 6.08 Å². The molecule has 0 spiro atoms. The lowest BCUT2D eigenvalue weighted by Crippen LogP contribution is -2.27. The van der Waals surface area contributed by atoms with Crippen LogP contribution in [0.3, 0.4) is 0 Å². The second-order valence-electron chi connectivity index (χ2n) is 6.84. The van der Waals surface area contributed by atoms with Gasteiger partial charge in [-0.05, 0) is 66.1 Å². The second-order valence-corrected chi connectivity index (χ2v) is 8.52. The third kappa shape index (κ3) is 4.61. The van der Waals surface area contributed by atoms with E-state index < -0.39 is 0 Å². The van der Waals surface area contributed by atoms with Crippen LogP contribution in [-0.2, 0) is 11.4 Å². The van der Waals surface area contributed by atoms with Gasteiger partial charge in [-0.3, -0.25) is 9.69 Å². The second kappa shape index (κ2) is 8.81. The number of halogens is 1. The van der Waals surface area contributed by atoms with Crippen LogP contribution in [0.2, 0.25) is 0 Å². The van der Waals surface area contributed by atoms with Gasteiger partial charge < -0.3 is 4.74 Å². The van der Waals surface area contributed by atoms with Crippen molar-refractivity contribution in [1.82, 2.24) is 0 Å². The Balaban J connectivity index is 1.45. The van der Waals surface area contributed by atoms with Crippen LogP contribution in [0.4, 0.5) is 10.1 Å². The first-order valence-corrected chi connectivity index (χ1v) is 10.5. The molecule has 6 heteroatoms. The minimum atomic E-state index is -0.268. The zero-order valence-electron chi connectivity index (χ0n) is 16.2. The van der Waals surface area contributed by atoms with Crippen molar-refractivity contribution in [1.29, 1.82) is 0 Å². The number of thiocarbonyl (C=S) groups is 1. The Labute approximate surface area is 184 Å². The number of hydrogen-bond donors (Lipinski definition) is 0. The molecule has 0 saturated carbocycles. The summed E-state index contributed by atoms with van der Waals surface area (Å²) >= 11 is 6.73. The van der Waals surface area contributed by atoms with Crippen LogP contribution in [0.5, 0.6) is 5.75 Å². The summed E-state index contributed by atoms with van der Waals surface area (Å²) in [5.74, 6) is 0.312. The molecule has 3 aromatic carbocycles. The number of amides is 1. The molecule has 0 N–H and O–H groups in total. The number of aryl methyl sites for hydroxylation is 1. The number of benzene rings is 3. The Hall–Kier alpha value is -2.96. The third-order valence-corrected chi connectivity index (χ3v) is 5.85. The fourth-order valence-electron chi connectivity index (χ4n) is 3.02. The van der Waals surface area contributed by atoms with Gasteiger partial charge in [0.25, 0.3) is 5.91 Å². The molecule has 30 heavy (non-hydrogen) atoms. The summed E-state index contributed by atoms with van der Waals surface area (Å²) < 4.78 is 19.2. The summed E-state index contributed by atoms with van der Waals surface area (Å²) in [6, 6.07) is 21.4. The highest BCUT2D eigenvalue weighted by molar-refractivity contribution is 8.27. The van der Waals surface area contributed by atoms with E-state index >= 15 is 0 Å². The quantitative estimate of drug-likeness (QED) is 0.357. The minimum absolute atomic E-state index is 0.118. The molecule has 0 aromatic heterocycles. The number of nitrogens with zero attached hydrogens (tertiary/aromatic N) is 1. The van der Waals surface area contributed by atoms with Crippen LogP contribution in [0, 0.1) is 12.7 Å². The van der Waals surface area contributed by atoms with Crippen molar-refractivity contribution in [3.8, 4) is 5.75 Å². The summed E-state index contributed by atoms with van der Waals surface area (Å²) in [5.41, 5.74) is 3.63. The van der Waals surface area contributed by atoms with Crippen molar-refractivity contribution in [3.05, 3.63) is 100 Å². The van der Waals surface area contributed by atoms with Gasteiger partial charge in [0.15, 0.2) is 4.32 Å². The molecule has 0 bridgehead atoms. The predicted octanol–water partition coefficient (Wildman–Crippen LogP) is 6.12. The third-order valence-electron chi connectivity index (χ3n) is 4.55. The standard InChI is InChI=1S/C24H18FNO2S2/c1-16-3-2-4-20(13-16)26-23(27)22(30-24(26)29)14-17-7-11-21(12-8-17)28-15-18-5-9-19(25)10-6-18/h2-14H,15H2,1H3. The molecule has 0 radical (unpaired) electrons. The van der Waals surface area contributed by atoms with Crippen molar-refractivity contribution in [2.45, 2.75) is 13.5 Å². The number of carbonyl (C=O) groups excluding carboxylic acids is 1. The lowest BCUT2D eigenvalue weighted by Gasteiger charge is -2.14. The molecule has 1 amide bonds. The molecular weight excluding hydrogens is 417 g/mol. The summed E-state index contributed by atoms with van der Waals surface area (Å²) in [5, 5.41) is 0. The fraction of sp³-hybridized carbons (Fsp3) is 0.0833. The van der Waals surface area contributed by atoms with Gasteiger partial charge in [-0.25, -0.2) is 4.39 Å². The Bertz CT molecular complexity index is 1120. The molecule has 1 saturated heterocycles. The van der Waals surface area contributed by atoms with Gasteiger partial charge in [0.1, 0.15) is 18.2 Å². The van der Waals surface area contributed by atoms with Crippen molar-refractivity contribution >= 4 is 46.0 Å². The number of thioether (sulfide) groups is 1. The Morgan fingerprint density at radius 2 is 1.80 bits per heavy atom. The molecule has 0 unspecified atom stereocenters. The highest BCUT2D eigenvalue weighted by Crippen LogP contribution is 2.36. The lowest BCUT2D eigenvalue weighted by molar-refractivity contribution is -0.113. The molecule has 3 nitrogen and oxygen atoms in total. The first-order valence-electron chi connectivity index (χ1n) is 9.31. The van der Waals surface area contributed by atoms with Crippen molar-refractivity contribution < 1.29 is 13.9 Å². The molecule has 4 rings (SSSR count). The molecule has 1 fully saturated rings. The maximum Gasteiger partial charge on any atom is 0.270 e. The number of anilines is 1. The van der Waals surface area contributed by atoms with Crippen LogP contribution in [-0.4, -0.2) is 10.2 Å². The van der Waals surface area contributed by atoms with Gasteiger partial charge >= 0.3 is 0 Å². The Morgan fingerprint density at radius 3 is 2.50 bits per heavy atom. The van der Waals surface area contributed by atoms with Crippen molar-refractivity contribution in [2.75, 3.05) is 4.90 Å². The molecular formula is C24H18FNO2S2.